The predicted octanol–water partition coefficient (Wildman–Crippen LogP) is 4.27. The smallest absolute Gasteiger partial charge is 0.166 e. The van der Waals surface area contributed by atoms with E-state index in [2.05, 4.69) is 43.4 Å². The molecule has 0 radical (unpaired) electrons. The molecule has 2 aromatic carbocycles. The minimum atomic E-state index is -0.596. The van der Waals surface area contributed by atoms with Crippen LogP contribution >= 0.6 is 0 Å². The first-order valence-corrected chi connectivity index (χ1v) is 6.85. The second-order valence-corrected chi connectivity index (χ2v) is 5.24. The Labute approximate surface area is 119 Å². The highest BCUT2D eigenvalue weighted by Gasteiger charge is 2.06. The van der Waals surface area contributed by atoms with Crippen LogP contribution in [-0.4, -0.2) is 11.1 Å². The van der Waals surface area contributed by atoms with Gasteiger partial charge in [-0.2, -0.15) is 0 Å². The Balaban J connectivity index is 1.89. The fourth-order valence-electron chi connectivity index (χ4n) is 2.20. The Bertz CT molecular complexity index is 583. The number of halogens is 1. The number of phenolic OH excluding ortho intramolecular Hbond substituents is 1. The van der Waals surface area contributed by atoms with Gasteiger partial charge in [-0.1, -0.05) is 29.8 Å². The molecule has 0 fully saturated rings. The fraction of sp³-hybridized carbons (Fsp3) is 0.294. The van der Waals surface area contributed by atoms with Crippen molar-refractivity contribution in [3.63, 3.8) is 0 Å². The maximum Gasteiger partial charge on any atom is 0.166 e. The molecule has 3 heteroatoms. The summed E-state index contributed by atoms with van der Waals surface area (Å²) in [5, 5.41) is 12.4. The van der Waals surface area contributed by atoms with E-state index < -0.39 is 5.82 Å². The second kappa shape index (κ2) is 6.42. The summed E-state index contributed by atoms with van der Waals surface area (Å²) < 4.78 is 13.2. The van der Waals surface area contributed by atoms with E-state index in [1.165, 1.54) is 23.3 Å². The van der Waals surface area contributed by atoms with E-state index >= 15 is 0 Å². The minimum Gasteiger partial charge on any atom is -0.505 e. The van der Waals surface area contributed by atoms with Crippen molar-refractivity contribution in [1.29, 1.82) is 0 Å². The van der Waals surface area contributed by atoms with Gasteiger partial charge in [-0.05, 0) is 44.4 Å². The lowest BCUT2D eigenvalue weighted by molar-refractivity contribution is 0.432. The van der Waals surface area contributed by atoms with Crippen molar-refractivity contribution < 1.29 is 9.50 Å². The number of hydrogen-bond acceptors (Lipinski definition) is 2. The SMILES string of the molecule is Cc1cccc(CCC(C)Nc2ccc(O)c(F)c2)c1. The van der Waals surface area contributed by atoms with E-state index in [1.54, 1.807) is 6.07 Å². The van der Waals surface area contributed by atoms with Crippen molar-refractivity contribution in [3.05, 3.63) is 59.4 Å². The maximum absolute atomic E-state index is 13.2. The van der Waals surface area contributed by atoms with Gasteiger partial charge in [-0.3, -0.25) is 0 Å². The van der Waals surface area contributed by atoms with Crippen molar-refractivity contribution >= 4 is 5.69 Å². The zero-order chi connectivity index (χ0) is 14.5. The summed E-state index contributed by atoms with van der Waals surface area (Å²) >= 11 is 0. The normalized spacial score (nSPS) is 12.2. The van der Waals surface area contributed by atoms with Gasteiger partial charge in [0.15, 0.2) is 11.6 Å². The Hall–Kier alpha value is -2.03. The quantitative estimate of drug-likeness (QED) is 0.797. The zero-order valence-corrected chi connectivity index (χ0v) is 11.9. The van der Waals surface area contributed by atoms with Gasteiger partial charge in [-0.25, -0.2) is 4.39 Å². The van der Waals surface area contributed by atoms with Crippen LogP contribution in [0, 0.1) is 12.7 Å². The molecule has 0 aliphatic rings. The average Bonchev–Trinajstić information content (AvgIpc) is 2.41. The average molecular weight is 273 g/mol. The van der Waals surface area contributed by atoms with Gasteiger partial charge in [0.1, 0.15) is 0 Å². The summed E-state index contributed by atoms with van der Waals surface area (Å²) in [5.41, 5.74) is 3.27. The van der Waals surface area contributed by atoms with Crippen molar-refractivity contribution in [1.82, 2.24) is 0 Å². The van der Waals surface area contributed by atoms with Crippen LogP contribution in [0.5, 0.6) is 5.75 Å². The summed E-state index contributed by atoms with van der Waals surface area (Å²) in [6.45, 7) is 4.16. The highest BCUT2D eigenvalue weighted by molar-refractivity contribution is 5.47. The number of phenols is 1. The number of aromatic hydroxyl groups is 1. The third kappa shape index (κ3) is 3.98. The first-order valence-electron chi connectivity index (χ1n) is 6.85. The molecular weight excluding hydrogens is 253 g/mol. The van der Waals surface area contributed by atoms with E-state index in [9.17, 15) is 4.39 Å². The van der Waals surface area contributed by atoms with Gasteiger partial charge in [0, 0.05) is 17.8 Å². The largest absolute Gasteiger partial charge is 0.505 e. The maximum atomic E-state index is 13.2. The van der Waals surface area contributed by atoms with Gasteiger partial charge < -0.3 is 10.4 Å². The molecular formula is C17H20FNO. The standard InChI is InChI=1S/C17H20FNO/c1-12-4-3-5-14(10-12)7-6-13(2)19-15-8-9-17(20)16(18)11-15/h3-5,8-11,13,19-20H,6-7H2,1-2H3. The van der Waals surface area contributed by atoms with Gasteiger partial charge in [0.25, 0.3) is 0 Å². The highest BCUT2D eigenvalue weighted by atomic mass is 19.1. The third-order valence-corrected chi connectivity index (χ3v) is 3.31. The van der Waals surface area contributed by atoms with E-state index in [4.69, 9.17) is 5.11 Å². The molecule has 2 nitrogen and oxygen atoms in total. The number of hydrogen-bond donors (Lipinski definition) is 2. The van der Waals surface area contributed by atoms with Crippen LogP contribution in [0.25, 0.3) is 0 Å². The molecule has 20 heavy (non-hydrogen) atoms. The fourth-order valence-corrected chi connectivity index (χ4v) is 2.20. The highest BCUT2D eigenvalue weighted by Crippen LogP contribution is 2.20. The van der Waals surface area contributed by atoms with E-state index in [0.29, 0.717) is 5.69 Å². The summed E-state index contributed by atoms with van der Waals surface area (Å²) in [6.07, 6.45) is 1.95. The first-order chi connectivity index (χ1) is 9.54. The first kappa shape index (κ1) is 14.4. The molecule has 1 unspecified atom stereocenters. The zero-order valence-electron chi connectivity index (χ0n) is 11.9. The lowest BCUT2D eigenvalue weighted by atomic mass is 10.0. The number of nitrogens with one attached hydrogen (secondary N) is 1. The summed E-state index contributed by atoms with van der Waals surface area (Å²) in [6, 6.07) is 13.1. The molecule has 1 atom stereocenters. The lowest BCUT2D eigenvalue weighted by Gasteiger charge is -2.15. The van der Waals surface area contributed by atoms with Crippen LogP contribution in [0.2, 0.25) is 0 Å². The number of benzene rings is 2. The second-order valence-electron chi connectivity index (χ2n) is 5.24. The van der Waals surface area contributed by atoms with Crippen LogP contribution in [-0.2, 0) is 6.42 Å². The minimum absolute atomic E-state index is 0.236. The van der Waals surface area contributed by atoms with Crippen molar-refractivity contribution in [3.8, 4) is 5.75 Å². The molecule has 0 spiro atoms. The topological polar surface area (TPSA) is 32.3 Å². The Morgan fingerprint density at radius 3 is 2.70 bits per heavy atom. The summed E-state index contributed by atoms with van der Waals surface area (Å²) in [7, 11) is 0. The van der Waals surface area contributed by atoms with Crippen molar-refractivity contribution in [2.75, 3.05) is 5.32 Å². The van der Waals surface area contributed by atoms with Crippen LogP contribution in [0.1, 0.15) is 24.5 Å². The van der Waals surface area contributed by atoms with Crippen molar-refractivity contribution in [2.24, 2.45) is 0 Å². The van der Waals surface area contributed by atoms with Crippen LogP contribution in [0.15, 0.2) is 42.5 Å². The molecule has 106 valence electrons. The van der Waals surface area contributed by atoms with Crippen LogP contribution < -0.4 is 5.32 Å². The molecule has 0 aromatic heterocycles. The van der Waals surface area contributed by atoms with E-state index in [-0.39, 0.29) is 11.8 Å². The van der Waals surface area contributed by atoms with Gasteiger partial charge in [0.05, 0.1) is 0 Å². The Kier molecular flexibility index (Phi) is 4.61. The molecule has 0 saturated heterocycles. The molecule has 0 bridgehead atoms. The van der Waals surface area contributed by atoms with Gasteiger partial charge in [0.2, 0.25) is 0 Å². The molecule has 2 N–H and O–H groups in total. The van der Waals surface area contributed by atoms with Crippen LogP contribution in [0.4, 0.5) is 10.1 Å². The van der Waals surface area contributed by atoms with Gasteiger partial charge >= 0.3 is 0 Å². The third-order valence-electron chi connectivity index (χ3n) is 3.31. The van der Waals surface area contributed by atoms with Crippen molar-refractivity contribution in [2.45, 2.75) is 32.7 Å². The molecule has 2 aromatic rings. The lowest BCUT2D eigenvalue weighted by Crippen LogP contribution is -2.16. The number of aryl methyl sites for hydroxylation is 2. The summed E-state index contributed by atoms with van der Waals surface area (Å²) in [5.74, 6) is -0.913. The molecule has 0 aliphatic carbocycles. The van der Waals surface area contributed by atoms with Gasteiger partial charge in [-0.15, -0.1) is 0 Å². The molecule has 0 amide bonds. The molecule has 0 heterocycles. The monoisotopic (exact) mass is 273 g/mol. The van der Waals surface area contributed by atoms with E-state index in [1.807, 2.05) is 0 Å². The predicted molar refractivity (Wildman–Crippen MR) is 80.6 cm³/mol. The number of rotatable bonds is 5. The Morgan fingerprint density at radius 1 is 1.20 bits per heavy atom. The molecule has 2 rings (SSSR count). The molecule has 0 aliphatic heterocycles. The van der Waals surface area contributed by atoms with E-state index in [0.717, 1.165) is 12.8 Å². The molecule has 0 saturated carbocycles. The number of anilines is 1. The Morgan fingerprint density at radius 2 is 2.00 bits per heavy atom. The summed E-state index contributed by atoms with van der Waals surface area (Å²) in [4.78, 5) is 0. The van der Waals surface area contributed by atoms with Crippen LogP contribution in [0.3, 0.4) is 0 Å².